The van der Waals surface area contributed by atoms with Gasteiger partial charge < -0.3 is 16.2 Å². The number of primary amides is 1. The van der Waals surface area contributed by atoms with E-state index in [1.807, 2.05) is 0 Å². The summed E-state index contributed by atoms with van der Waals surface area (Å²) in [6.45, 7) is -0.628. The molecule has 192 valence electrons. The maximum Gasteiger partial charge on any atom is 0.416 e. The smallest absolute Gasteiger partial charge is 0.382 e. The summed E-state index contributed by atoms with van der Waals surface area (Å²) in [5, 5.41) is 16.4. The fourth-order valence-electron chi connectivity index (χ4n) is 3.38. The lowest BCUT2D eigenvalue weighted by Gasteiger charge is -2.28. The average molecular weight is 546 g/mol. The van der Waals surface area contributed by atoms with E-state index in [0.29, 0.717) is 14.3 Å². The second-order valence-corrected chi connectivity index (χ2v) is 8.80. The van der Waals surface area contributed by atoms with Gasteiger partial charge in [-0.25, -0.2) is 9.48 Å². The number of carbonyl (C=O) groups excluding carboxylic acids is 2. The first-order chi connectivity index (χ1) is 16.7. The summed E-state index contributed by atoms with van der Waals surface area (Å²) in [6, 6.07) is 11.8. The van der Waals surface area contributed by atoms with Gasteiger partial charge in [0.15, 0.2) is 11.9 Å². The molecule has 0 aliphatic heterocycles. The topological polar surface area (TPSA) is 132 Å². The van der Waals surface area contributed by atoms with Crippen molar-refractivity contribution in [3.05, 3.63) is 74.6 Å². The highest BCUT2D eigenvalue weighted by Gasteiger charge is 2.40. The summed E-state index contributed by atoms with van der Waals surface area (Å²) in [5.41, 5.74) is 3.05. The van der Waals surface area contributed by atoms with Crippen LogP contribution in [0.3, 0.4) is 0 Å². The van der Waals surface area contributed by atoms with Crippen molar-refractivity contribution in [2.75, 3.05) is 0 Å². The van der Waals surface area contributed by atoms with Crippen LogP contribution in [-0.4, -0.2) is 43.5 Å². The zero-order chi connectivity index (χ0) is 26.8. The van der Waals surface area contributed by atoms with Crippen LogP contribution in [0.5, 0.6) is 0 Å². The highest BCUT2D eigenvalue weighted by atomic mass is 35.5. The Morgan fingerprint density at radius 1 is 1.14 bits per heavy atom. The van der Waals surface area contributed by atoms with Gasteiger partial charge in [-0.05, 0) is 37.3 Å². The van der Waals surface area contributed by atoms with Crippen molar-refractivity contribution in [1.29, 1.82) is 0 Å². The van der Waals surface area contributed by atoms with E-state index in [0.717, 1.165) is 0 Å². The molecule has 2 aromatic carbocycles. The highest BCUT2D eigenvalue weighted by Crippen LogP contribution is 2.28. The molecule has 2 amide bonds. The number of hydrogen-bond acceptors (Lipinski definition) is 5. The minimum Gasteiger partial charge on any atom is -0.382 e. The lowest BCUT2D eigenvalue weighted by atomic mass is 9.91. The monoisotopic (exact) mass is 545 g/mol. The Morgan fingerprint density at radius 3 is 2.31 bits per heavy atom. The van der Waals surface area contributed by atoms with Crippen molar-refractivity contribution in [2.24, 2.45) is 5.73 Å². The molecule has 3 aromatic rings. The number of aliphatic hydroxyl groups excluding tert-OH is 1. The van der Waals surface area contributed by atoms with E-state index in [2.05, 4.69) is 10.4 Å². The number of aliphatic hydroxyl groups is 1. The van der Waals surface area contributed by atoms with Gasteiger partial charge >= 0.3 is 11.9 Å². The van der Waals surface area contributed by atoms with E-state index in [-0.39, 0.29) is 22.0 Å². The first-order valence-electron chi connectivity index (χ1n) is 10.3. The van der Waals surface area contributed by atoms with Crippen molar-refractivity contribution in [3.63, 3.8) is 0 Å². The zero-order valence-electron chi connectivity index (χ0n) is 18.6. The number of alkyl halides is 3. The summed E-state index contributed by atoms with van der Waals surface area (Å²) in [5.74, 6) is -2.09. The molecule has 0 fully saturated rings. The predicted octanol–water partition coefficient (Wildman–Crippen LogP) is 2.46. The minimum atomic E-state index is -5.01. The molecule has 0 aliphatic carbocycles. The van der Waals surface area contributed by atoms with E-state index in [4.69, 9.17) is 28.9 Å². The minimum absolute atomic E-state index is 0.145. The molecule has 0 aliphatic rings. The molecule has 0 radical (unpaired) electrons. The van der Waals surface area contributed by atoms with Crippen LogP contribution in [0, 0.1) is 0 Å². The third-order valence-corrected chi connectivity index (χ3v) is 5.93. The number of nitrogens with one attached hydrogen (secondary N) is 1. The number of hydrogen-bond donors (Lipinski definition) is 3. The third kappa shape index (κ3) is 5.72. The van der Waals surface area contributed by atoms with Gasteiger partial charge in [0.05, 0.1) is 6.54 Å². The molecule has 3 rings (SSSR count). The zero-order valence-corrected chi connectivity index (χ0v) is 20.1. The van der Waals surface area contributed by atoms with Gasteiger partial charge in [0.2, 0.25) is 11.8 Å². The number of nitrogens with two attached hydrogens (primary N) is 1. The van der Waals surface area contributed by atoms with E-state index in [9.17, 15) is 32.7 Å². The van der Waals surface area contributed by atoms with Crippen molar-refractivity contribution in [1.82, 2.24) is 19.7 Å². The number of carbonyl (C=O) groups is 2. The van der Waals surface area contributed by atoms with Crippen molar-refractivity contribution in [3.8, 4) is 11.4 Å². The molecule has 0 saturated carbocycles. The predicted molar refractivity (Wildman–Crippen MR) is 125 cm³/mol. The standard InChI is InChI=1S/C22H20Cl2F3N5O4/c1-21(19(28)35,14-4-2-3-5-15(14)24)29-17(34)11-32-20(36)31(10-16(33)22(25,26)27)18(30-32)12-6-8-13(23)9-7-12/h2-9,16,33H,10-11H2,1H3,(H2,28,35)(H,29,34). The normalized spacial score (nSPS) is 14.2. The maximum atomic E-state index is 13.0. The summed E-state index contributed by atoms with van der Waals surface area (Å²) in [7, 11) is 0. The SMILES string of the molecule is CC(NC(=O)Cn1nc(-c2ccc(Cl)cc2)n(CC(O)C(F)(F)F)c1=O)(C(N)=O)c1ccccc1Cl. The first-order valence-corrected chi connectivity index (χ1v) is 11.0. The van der Waals surface area contributed by atoms with Crippen LogP contribution >= 0.6 is 23.2 Å². The lowest BCUT2D eigenvalue weighted by molar-refractivity contribution is -0.207. The maximum absolute atomic E-state index is 13.0. The van der Waals surface area contributed by atoms with Gasteiger partial charge in [-0.15, -0.1) is 5.10 Å². The second-order valence-electron chi connectivity index (χ2n) is 7.96. The quantitative estimate of drug-likeness (QED) is 0.400. The molecule has 1 heterocycles. The fourth-order valence-corrected chi connectivity index (χ4v) is 3.83. The van der Waals surface area contributed by atoms with E-state index in [1.165, 1.54) is 43.3 Å². The van der Waals surface area contributed by atoms with Crippen LogP contribution in [0.4, 0.5) is 13.2 Å². The van der Waals surface area contributed by atoms with Crippen LogP contribution in [-0.2, 0) is 28.2 Å². The molecule has 0 saturated heterocycles. The number of rotatable bonds is 8. The first kappa shape index (κ1) is 27.2. The molecule has 9 nitrogen and oxygen atoms in total. The number of nitrogens with zero attached hydrogens (tertiary/aromatic N) is 3. The van der Waals surface area contributed by atoms with Gasteiger partial charge in [-0.3, -0.25) is 14.2 Å². The Labute approximate surface area is 212 Å². The Bertz CT molecular complexity index is 1340. The van der Waals surface area contributed by atoms with E-state index < -0.39 is 48.4 Å². The van der Waals surface area contributed by atoms with E-state index in [1.54, 1.807) is 12.1 Å². The second kappa shape index (κ2) is 10.3. The molecule has 1 aromatic heterocycles. The van der Waals surface area contributed by atoms with Crippen LogP contribution in [0.2, 0.25) is 10.0 Å². The van der Waals surface area contributed by atoms with Crippen molar-refractivity contribution in [2.45, 2.75) is 37.8 Å². The molecule has 36 heavy (non-hydrogen) atoms. The molecule has 2 unspecified atom stereocenters. The number of benzene rings is 2. The summed E-state index contributed by atoms with van der Waals surface area (Å²) < 4.78 is 40.2. The van der Waals surface area contributed by atoms with Crippen molar-refractivity contribution >= 4 is 35.0 Å². The van der Waals surface area contributed by atoms with Gasteiger partial charge in [0.1, 0.15) is 12.1 Å². The Hall–Kier alpha value is -3.35. The third-order valence-electron chi connectivity index (χ3n) is 5.35. The summed E-state index contributed by atoms with van der Waals surface area (Å²) in [6.07, 6.45) is -7.87. The van der Waals surface area contributed by atoms with Crippen LogP contribution in [0.25, 0.3) is 11.4 Å². The molecular weight excluding hydrogens is 526 g/mol. The average Bonchev–Trinajstić information content (AvgIpc) is 3.08. The van der Waals surface area contributed by atoms with E-state index >= 15 is 0 Å². The van der Waals surface area contributed by atoms with Crippen LogP contribution < -0.4 is 16.7 Å². The summed E-state index contributed by atoms with van der Waals surface area (Å²) >= 11 is 12.0. The lowest BCUT2D eigenvalue weighted by Crippen LogP contribution is -2.54. The molecular formula is C22H20Cl2F3N5O4. The number of halogens is 5. The van der Waals surface area contributed by atoms with Gasteiger partial charge in [0.25, 0.3) is 0 Å². The Kier molecular flexibility index (Phi) is 7.82. The van der Waals surface area contributed by atoms with Gasteiger partial charge in [-0.2, -0.15) is 13.2 Å². The largest absolute Gasteiger partial charge is 0.416 e. The van der Waals surface area contributed by atoms with Crippen molar-refractivity contribution < 1.29 is 27.9 Å². The van der Waals surface area contributed by atoms with Gasteiger partial charge in [-0.1, -0.05) is 41.4 Å². The molecule has 14 heteroatoms. The van der Waals surface area contributed by atoms with Crippen LogP contribution in [0.15, 0.2) is 53.3 Å². The number of aromatic nitrogens is 3. The van der Waals surface area contributed by atoms with Gasteiger partial charge in [0, 0.05) is 21.2 Å². The highest BCUT2D eigenvalue weighted by molar-refractivity contribution is 6.31. The van der Waals surface area contributed by atoms with Crippen LogP contribution in [0.1, 0.15) is 12.5 Å². The molecule has 0 bridgehead atoms. The summed E-state index contributed by atoms with van der Waals surface area (Å²) in [4.78, 5) is 38.0. The Balaban J connectivity index is 1.98. The number of amides is 2. The molecule has 2 atom stereocenters. The Morgan fingerprint density at radius 2 is 1.75 bits per heavy atom. The fraction of sp³-hybridized carbons (Fsp3) is 0.273. The molecule has 4 N–H and O–H groups in total. The molecule has 0 spiro atoms.